The number of pyridine rings is 1. The number of rotatable bonds is 2. The molecule has 4 aromatic rings. The van der Waals surface area contributed by atoms with Crippen molar-refractivity contribution in [3.05, 3.63) is 90.6 Å². The van der Waals surface area contributed by atoms with Crippen LogP contribution in [-0.2, 0) is 0 Å². The van der Waals surface area contributed by atoms with E-state index >= 15 is 0 Å². The maximum atomic E-state index is 12.5. The molecule has 0 radical (unpaired) electrons. The van der Waals surface area contributed by atoms with Crippen molar-refractivity contribution in [1.29, 1.82) is 0 Å². The second-order valence-electron chi connectivity index (χ2n) is 5.41. The summed E-state index contributed by atoms with van der Waals surface area (Å²) >= 11 is 0. The van der Waals surface area contributed by atoms with E-state index in [4.69, 9.17) is 0 Å². The first-order valence-electron chi connectivity index (χ1n) is 7.51. The fourth-order valence-electron chi connectivity index (χ4n) is 2.83. The van der Waals surface area contributed by atoms with Crippen molar-refractivity contribution in [2.45, 2.75) is 0 Å². The molecule has 0 saturated carbocycles. The fraction of sp³-hybridized carbons (Fsp3) is 0. The summed E-state index contributed by atoms with van der Waals surface area (Å²) in [4.78, 5) is 12.5. The molecular formula is C20H15ClN2O. The molecule has 3 nitrogen and oxygen atoms in total. The molecule has 4 heteroatoms. The molecule has 0 atom stereocenters. The summed E-state index contributed by atoms with van der Waals surface area (Å²) in [6.07, 6.45) is 1.96. The standard InChI is InChI=1S/C20H14N2O.ClH/c23-20(15-8-2-1-3-9-15)21-22-14-16-10-4-5-11-17(16)18-12-6-7-13-19(18)22;/h1-14H;1H. The van der Waals surface area contributed by atoms with E-state index in [2.05, 4.69) is 17.6 Å². The van der Waals surface area contributed by atoms with Crippen molar-refractivity contribution < 1.29 is 21.9 Å². The number of hydrogen-bond acceptors (Lipinski definition) is 1. The van der Waals surface area contributed by atoms with Crippen LogP contribution in [0.1, 0.15) is 10.4 Å². The summed E-state index contributed by atoms with van der Waals surface area (Å²) in [7, 11) is 0. The Kier molecular flexibility index (Phi) is 4.45. The van der Waals surface area contributed by atoms with Gasteiger partial charge < -0.3 is 12.4 Å². The van der Waals surface area contributed by atoms with Crippen LogP contribution in [0, 0.1) is 0 Å². The zero-order valence-electron chi connectivity index (χ0n) is 12.8. The van der Waals surface area contributed by atoms with Gasteiger partial charge in [0.15, 0.2) is 0 Å². The number of nitrogens with zero attached hydrogens (tertiary/aromatic N) is 1. The Morgan fingerprint density at radius 1 is 0.750 bits per heavy atom. The molecule has 1 N–H and O–H groups in total. The van der Waals surface area contributed by atoms with E-state index in [1.54, 1.807) is 16.8 Å². The summed E-state index contributed by atoms with van der Waals surface area (Å²) in [5.41, 5.74) is 4.58. The van der Waals surface area contributed by atoms with Crippen LogP contribution in [0.3, 0.4) is 0 Å². The van der Waals surface area contributed by atoms with Crippen LogP contribution in [0.25, 0.3) is 21.7 Å². The van der Waals surface area contributed by atoms with E-state index in [9.17, 15) is 4.79 Å². The van der Waals surface area contributed by atoms with Crippen LogP contribution in [0.15, 0.2) is 85.1 Å². The first kappa shape index (κ1) is 16.0. The first-order valence-corrected chi connectivity index (χ1v) is 7.51. The molecule has 1 heterocycles. The molecule has 0 fully saturated rings. The third-order valence-corrected chi connectivity index (χ3v) is 3.94. The predicted octanol–water partition coefficient (Wildman–Crippen LogP) is 0.668. The van der Waals surface area contributed by atoms with Gasteiger partial charge in [0.2, 0.25) is 11.7 Å². The minimum Gasteiger partial charge on any atom is -1.00 e. The van der Waals surface area contributed by atoms with Crippen molar-refractivity contribution in [2.24, 2.45) is 0 Å². The summed E-state index contributed by atoms with van der Waals surface area (Å²) < 4.78 is 1.80. The molecule has 1 aromatic heterocycles. The normalized spacial score (nSPS) is 10.3. The van der Waals surface area contributed by atoms with Crippen LogP contribution < -0.4 is 22.5 Å². The van der Waals surface area contributed by atoms with Gasteiger partial charge in [-0.3, -0.25) is 4.79 Å². The van der Waals surface area contributed by atoms with E-state index in [1.165, 1.54) is 5.39 Å². The molecule has 0 aliphatic carbocycles. The highest BCUT2D eigenvalue weighted by Crippen LogP contribution is 2.21. The Bertz CT molecular complexity index is 1020. The Balaban J connectivity index is 0.00000169. The van der Waals surface area contributed by atoms with Gasteiger partial charge in [-0.2, -0.15) is 0 Å². The van der Waals surface area contributed by atoms with Gasteiger partial charge in [-0.05, 0) is 24.3 Å². The zero-order chi connectivity index (χ0) is 15.6. The maximum Gasteiger partial charge on any atom is 0.305 e. The van der Waals surface area contributed by atoms with Gasteiger partial charge in [0.05, 0.1) is 5.39 Å². The van der Waals surface area contributed by atoms with Crippen LogP contribution in [0.4, 0.5) is 0 Å². The van der Waals surface area contributed by atoms with Crippen LogP contribution in [0.2, 0.25) is 0 Å². The van der Waals surface area contributed by atoms with Crippen molar-refractivity contribution >= 4 is 27.6 Å². The summed E-state index contributed by atoms with van der Waals surface area (Å²) in [5.74, 6) is -0.129. The quantitative estimate of drug-likeness (QED) is 0.424. The van der Waals surface area contributed by atoms with Crippen LogP contribution >= 0.6 is 0 Å². The number of benzene rings is 3. The van der Waals surface area contributed by atoms with Gasteiger partial charge in [0, 0.05) is 22.4 Å². The molecular weight excluding hydrogens is 320 g/mol. The Labute approximate surface area is 145 Å². The van der Waals surface area contributed by atoms with Crippen molar-refractivity contribution in [3.63, 3.8) is 0 Å². The summed E-state index contributed by atoms with van der Waals surface area (Å²) in [6, 6.07) is 25.5. The second-order valence-corrected chi connectivity index (χ2v) is 5.41. The summed E-state index contributed by atoms with van der Waals surface area (Å²) in [5, 5.41) is 3.37. The van der Waals surface area contributed by atoms with E-state index in [0.717, 1.165) is 16.3 Å². The molecule has 0 unspecified atom stereocenters. The average molecular weight is 335 g/mol. The van der Waals surface area contributed by atoms with Crippen LogP contribution in [0.5, 0.6) is 0 Å². The fourth-order valence-corrected chi connectivity index (χ4v) is 2.83. The number of carbonyl (C=O) groups excluding carboxylic acids is 1. The minimum absolute atomic E-state index is 0. The highest BCUT2D eigenvalue weighted by atomic mass is 35.5. The Hall–Kier alpha value is -2.91. The smallest absolute Gasteiger partial charge is 0.305 e. The summed E-state index contributed by atoms with van der Waals surface area (Å²) in [6.45, 7) is 0. The molecule has 0 aliphatic rings. The average Bonchev–Trinajstić information content (AvgIpc) is 2.62. The van der Waals surface area contributed by atoms with Crippen molar-refractivity contribution in [3.8, 4) is 0 Å². The number of halogens is 1. The van der Waals surface area contributed by atoms with E-state index < -0.39 is 0 Å². The minimum atomic E-state index is -0.129. The van der Waals surface area contributed by atoms with E-state index in [-0.39, 0.29) is 18.3 Å². The first-order chi connectivity index (χ1) is 11.3. The molecule has 1 amide bonds. The number of nitrogens with one attached hydrogen (secondary N) is 1. The van der Waals surface area contributed by atoms with Gasteiger partial charge in [-0.25, -0.2) is 0 Å². The number of aromatic nitrogens is 1. The van der Waals surface area contributed by atoms with Gasteiger partial charge >= 0.3 is 5.91 Å². The molecule has 0 aliphatic heterocycles. The number of para-hydroxylation sites is 1. The lowest BCUT2D eigenvalue weighted by molar-refractivity contribution is -0.612. The predicted molar refractivity (Wildman–Crippen MR) is 91.8 cm³/mol. The van der Waals surface area contributed by atoms with Crippen LogP contribution in [-0.4, -0.2) is 5.91 Å². The maximum absolute atomic E-state index is 12.5. The van der Waals surface area contributed by atoms with Gasteiger partial charge in [0.25, 0.3) is 0 Å². The molecule has 24 heavy (non-hydrogen) atoms. The lowest BCUT2D eigenvalue weighted by Gasteiger charge is -2.05. The Morgan fingerprint density at radius 3 is 2.17 bits per heavy atom. The number of carbonyl (C=O) groups is 1. The molecule has 0 saturated heterocycles. The molecule has 0 spiro atoms. The van der Waals surface area contributed by atoms with E-state index in [0.29, 0.717) is 5.56 Å². The SMILES string of the molecule is O=C(N[n+]1cc2ccccc2c2ccccc21)c1ccccc1.[Cl-]. The lowest BCUT2D eigenvalue weighted by Crippen LogP contribution is -3.00. The monoisotopic (exact) mass is 334 g/mol. The van der Waals surface area contributed by atoms with Gasteiger partial charge in [-0.15, -0.1) is 5.43 Å². The number of hydrogen-bond donors (Lipinski definition) is 1. The lowest BCUT2D eigenvalue weighted by atomic mass is 10.1. The van der Waals surface area contributed by atoms with E-state index in [1.807, 2.05) is 60.8 Å². The largest absolute Gasteiger partial charge is 1.00 e. The van der Waals surface area contributed by atoms with Crippen molar-refractivity contribution in [1.82, 2.24) is 0 Å². The highest BCUT2D eigenvalue weighted by molar-refractivity contribution is 6.04. The van der Waals surface area contributed by atoms with Gasteiger partial charge in [0.1, 0.15) is 0 Å². The molecule has 0 bridgehead atoms. The van der Waals surface area contributed by atoms with Crippen molar-refractivity contribution in [2.75, 3.05) is 5.43 Å². The highest BCUT2D eigenvalue weighted by Gasteiger charge is 2.16. The molecule has 3 aromatic carbocycles. The third kappa shape index (κ3) is 2.82. The van der Waals surface area contributed by atoms with Gasteiger partial charge in [-0.1, -0.05) is 53.2 Å². The molecule has 118 valence electrons. The number of fused-ring (bicyclic) bond motifs is 3. The second kappa shape index (κ2) is 6.69. The molecule has 4 rings (SSSR count). The zero-order valence-corrected chi connectivity index (χ0v) is 13.6. The third-order valence-electron chi connectivity index (χ3n) is 3.94. The Morgan fingerprint density at radius 2 is 1.38 bits per heavy atom. The topological polar surface area (TPSA) is 33.0 Å². The number of amides is 1.